The second-order valence-corrected chi connectivity index (χ2v) is 6.31. The van der Waals surface area contributed by atoms with Gasteiger partial charge >= 0.3 is 0 Å². The highest BCUT2D eigenvalue weighted by Gasteiger charge is 2.21. The lowest BCUT2D eigenvalue weighted by atomic mass is 10.1. The molecule has 0 bridgehead atoms. The van der Waals surface area contributed by atoms with E-state index in [0.29, 0.717) is 23.8 Å². The van der Waals surface area contributed by atoms with Crippen molar-refractivity contribution in [1.82, 2.24) is 24.5 Å². The zero-order valence-corrected chi connectivity index (χ0v) is 15.1. The van der Waals surface area contributed by atoms with Crippen molar-refractivity contribution in [2.75, 3.05) is 13.9 Å². The van der Waals surface area contributed by atoms with Gasteiger partial charge in [0.15, 0.2) is 11.5 Å². The number of nitrogens with zero attached hydrogens (tertiary/aromatic N) is 5. The van der Waals surface area contributed by atoms with Gasteiger partial charge in [-0.3, -0.25) is 0 Å². The molecule has 0 aliphatic carbocycles. The predicted octanol–water partition coefficient (Wildman–Crippen LogP) is 2.92. The van der Waals surface area contributed by atoms with E-state index in [1.165, 1.54) is 0 Å². The van der Waals surface area contributed by atoms with E-state index in [1.54, 1.807) is 19.6 Å². The van der Waals surface area contributed by atoms with Crippen molar-refractivity contribution >= 4 is 0 Å². The summed E-state index contributed by atoms with van der Waals surface area (Å²) in [6.07, 6.45) is 7.37. The molecule has 140 valence electrons. The smallest absolute Gasteiger partial charge is 0.231 e. The topological polar surface area (TPSA) is 76.2 Å². The van der Waals surface area contributed by atoms with Gasteiger partial charge in [0.25, 0.3) is 0 Å². The first-order valence-electron chi connectivity index (χ1n) is 8.76. The van der Waals surface area contributed by atoms with E-state index in [9.17, 15) is 0 Å². The van der Waals surface area contributed by atoms with Crippen molar-refractivity contribution in [1.29, 1.82) is 0 Å². The van der Waals surface area contributed by atoms with Crippen molar-refractivity contribution in [2.24, 2.45) is 0 Å². The fourth-order valence-electron chi connectivity index (χ4n) is 3.26. The lowest BCUT2D eigenvalue weighted by Crippen LogP contribution is -2.04. The van der Waals surface area contributed by atoms with Crippen LogP contribution >= 0.6 is 0 Å². The Bertz CT molecular complexity index is 1120. The third-order valence-corrected chi connectivity index (χ3v) is 4.60. The Morgan fingerprint density at radius 3 is 2.96 bits per heavy atom. The van der Waals surface area contributed by atoms with Crippen LogP contribution in [0.15, 0.2) is 61.3 Å². The molecule has 0 atom stereocenters. The standard InChI is InChI=1S/C20H17N5O3/c1-26-18-8-15(9-19-20(18)28-13-27-19)16-11-25(23-22-16)10-14-4-2-3-5-17(14)24-7-6-21-12-24/h2-9,11-12H,10,13H2,1H3. The van der Waals surface area contributed by atoms with Crippen molar-refractivity contribution in [3.05, 3.63) is 66.9 Å². The summed E-state index contributed by atoms with van der Waals surface area (Å²) in [4.78, 5) is 4.13. The first kappa shape index (κ1) is 16.4. The summed E-state index contributed by atoms with van der Waals surface area (Å²) in [7, 11) is 1.60. The van der Waals surface area contributed by atoms with Crippen LogP contribution in [0.1, 0.15) is 5.56 Å². The largest absolute Gasteiger partial charge is 0.493 e. The molecule has 4 aromatic rings. The van der Waals surface area contributed by atoms with E-state index >= 15 is 0 Å². The molecule has 5 rings (SSSR count). The van der Waals surface area contributed by atoms with Gasteiger partial charge in [0.2, 0.25) is 12.5 Å². The van der Waals surface area contributed by atoms with Crippen LogP contribution in [-0.2, 0) is 6.54 Å². The summed E-state index contributed by atoms with van der Waals surface area (Å²) in [5.74, 6) is 1.88. The third-order valence-electron chi connectivity index (χ3n) is 4.60. The number of imidazole rings is 1. The average Bonchev–Trinajstić information content (AvgIpc) is 3.48. The van der Waals surface area contributed by atoms with Gasteiger partial charge in [0.1, 0.15) is 5.69 Å². The van der Waals surface area contributed by atoms with Gasteiger partial charge in [-0.15, -0.1) is 5.10 Å². The molecule has 0 unspecified atom stereocenters. The predicted molar refractivity (Wildman–Crippen MR) is 101 cm³/mol. The van der Waals surface area contributed by atoms with Crippen LogP contribution in [0.3, 0.4) is 0 Å². The Kier molecular flexibility index (Phi) is 3.93. The number of para-hydroxylation sites is 1. The van der Waals surface area contributed by atoms with Crippen LogP contribution < -0.4 is 14.2 Å². The summed E-state index contributed by atoms with van der Waals surface area (Å²) < 4.78 is 20.1. The van der Waals surface area contributed by atoms with E-state index in [4.69, 9.17) is 14.2 Å². The van der Waals surface area contributed by atoms with Crippen LogP contribution in [0.4, 0.5) is 0 Å². The van der Waals surface area contributed by atoms with Crippen molar-refractivity contribution in [3.63, 3.8) is 0 Å². The molecule has 0 spiro atoms. The van der Waals surface area contributed by atoms with E-state index < -0.39 is 0 Å². The van der Waals surface area contributed by atoms with Gasteiger partial charge in [-0.05, 0) is 23.8 Å². The van der Waals surface area contributed by atoms with Gasteiger partial charge in [-0.1, -0.05) is 23.4 Å². The molecule has 0 radical (unpaired) electrons. The van der Waals surface area contributed by atoms with Crippen molar-refractivity contribution in [2.45, 2.75) is 6.54 Å². The molecule has 1 aliphatic heterocycles. The maximum atomic E-state index is 5.50. The molecule has 1 aliphatic rings. The molecule has 0 fully saturated rings. The van der Waals surface area contributed by atoms with Gasteiger partial charge in [0.05, 0.1) is 31.9 Å². The van der Waals surface area contributed by atoms with Crippen LogP contribution in [0.25, 0.3) is 16.9 Å². The highest BCUT2D eigenvalue weighted by molar-refractivity contribution is 5.68. The van der Waals surface area contributed by atoms with E-state index in [1.807, 2.05) is 45.9 Å². The number of hydrogen-bond donors (Lipinski definition) is 0. The Morgan fingerprint density at radius 1 is 1.18 bits per heavy atom. The van der Waals surface area contributed by atoms with Crippen LogP contribution in [0.5, 0.6) is 17.2 Å². The normalized spacial score (nSPS) is 12.3. The van der Waals surface area contributed by atoms with Gasteiger partial charge < -0.3 is 18.8 Å². The number of methoxy groups -OCH3 is 1. The van der Waals surface area contributed by atoms with Crippen LogP contribution in [0.2, 0.25) is 0 Å². The first-order chi connectivity index (χ1) is 13.8. The van der Waals surface area contributed by atoms with Crippen molar-refractivity contribution < 1.29 is 14.2 Å². The minimum Gasteiger partial charge on any atom is -0.493 e. The fourth-order valence-corrected chi connectivity index (χ4v) is 3.26. The first-order valence-corrected chi connectivity index (χ1v) is 8.76. The monoisotopic (exact) mass is 375 g/mol. The van der Waals surface area contributed by atoms with E-state index in [-0.39, 0.29) is 6.79 Å². The number of hydrogen-bond acceptors (Lipinski definition) is 6. The Labute approximate surface area is 160 Å². The number of benzene rings is 2. The zero-order valence-electron chi connectivity index (χ0n) is 15.1. The molecule has 0 saturated heterocycles. The Balaban J connectivity index is 1.46. The highest BCUT2D eigenvalue weighted by Crippen LogP contribution is 2.43. The molecule has 0 saturated carbocycles. The molecule has 8 heteroatoms. The molecule has 0 amide bonds. The highest BCUT2D eigenvalue weighted by atomic mass is 16.7. The fraction of sp³-hybridized carbons (Fsp3) is 0.150. The number of rotatable bonds is 5. The quantitative estimate of drug-likeness (QED) is 0.534. The molecule has 8 nitrogen and oxygen atoms in total. The van der Waals surface area contributed by atoms with E-state index in [2.05, 4.69) is 27.4 Å². The lowest BCUT2D eigenvalue weighted by Gasteiger charge is -2.09. The molecule has 3 heterocycles. The molecular formula is C20H17N5O3. The Hall–Kier alpha value is -3.81. The second kappa shape index (κ2) is 6.73. The number of aromatic nitrogens is 5. The van der Waals surface area contributed by atoms with Gasteiger partial charge in [-0.25, -0.2) is 9.67 Å². The van der Waals surface area contributed by atoms with Gasteiger partial charge in [-0.2, -0.15) is 0 Å². The number of ether oxygens (including phenoxy) is 3. The lowest BCUT2D eigenvalue weighted by molar-refractivity contribution is 0.171. The summed E-state index contributed by atoms with van der Waals surface area (Å²) in [5, 5.41) is 8.61. The maximum absolute atomic E-state index is 5.50. The van der Waals surface area contributed by atoms with E-state index in [0.717, 1.165) is 22.5 Å². The number of fused-ring (bicyclic) bond motifs is 1. The zero-order chi connectivity index (χ0) is 18.9. The molecule has 2 aromatic heterocycles. The molecular weight excluding hydrogens is 358 g/mol. The van der Waals surface area contributed by atoms with Crippen LogP contribution in [-0.4, -0.2) is 38.4 Å². The minimum atomic E-state index is 0.187. The summed E-state index contributed by atoms with van der Waals surface area (Å²) in [6.45, 7) is 0.774. The molecule has 2 aromatic carbocycles. The SMILES string of the molecule is COc1cc(-c2cn(Cc3ccccc3-n3ccnc3)nn2)cc2c1OCO2. The summed E-state index contributed by atoms with van der Waals surface area (Å²) in [5.41, 5.74) is 3.76. The van der Waals surface area contributed by atoms with Crippen LogP contribution in [0, 0.1) is 0 Å². The minimum absolute atomic E-state index is 0.187. The summed E-state index contributed by atoms with van der Waals surface area (Å²) in [6, 6.07) is 11.9. The summed E-state index contributed by atoms with van der Waals surface area (Å²) >= 11 is 0. The third kappa shape index (κ3) is 2.84. The van der Waals surface area contributed by atoms with Crippen molar-refractivity contribution in [3.8, 4) is 34.2 Å². The second-order valence-electron chi connectivity index (χ2n) is 6.31. The van der Waals surface area contributed by atoms with Gasteiger partial charge in [0, 0.05) is 18.0 Å². The maximum Gasteiger partial charge on any atom is 0.231 e. The molecule has 0 N–H and O–H groups in total. The average molecular weight is 375 g/mol. The molecule has 28 heavy (non-hydrogen) atoms. The Morgan fingerprint density at radius 2 is 2.11 bits per heavy atom.